The zero-order valence-corrected chi connectivity index (χ0v) is 12.6. The number of hydrazone groups is 1. The van der Waals surface area contributed by atoms with E-state index in [0.29, 0.717) is 23.0 Å². The Labute approximate surface area is 121 Å². The van der Waals surface area contributed by atoms with Gasteiger partial charge in [0.15, 0.2) is 5.11 Å². The molecule has 0 aliphatic heterocycles. The molecule has 0 amide bonds. The lowest BCUT2D eigenvalue weighted by Gasteiger charge is -2.30. The Morgan fingerprint density at radius 3 is 2.84 bits per heavy atom. The summed E-state index contributed by atoms with van der Waals surface area (Å²) in [4.78, 5) is 0. The lowest BCUT2D eigenvalue weighted by molar-refractivity contribution is 0.308. The fourth-order valence-corrected chi connectivity index (χ4v) is 3.09. The lowest BCUT2D eigenvalue weighted by atomic mass is 9.86. The third-order valence-electron chi connectivity index (χ3n) is 4.19. The SMILES string of the molecule is C[C@@H]1CCCC[C@@H]1NC(=S)N/N=C\[C@H]1CC=CCC1. The first-order chi connectivity index (χ1) is 9.25. The van der Waals surface area contributed by atoms with E-state index < -0.39 is 0 Å². The minimum atomic E-state index is 0.515. The number of allylic oxidation sites excluding steroid dienone is 2. The highest BCUT2D eigenvalue weighted by atomic mass is 32.1. The lowest BCUT2D eigenvalue weighted by Crippen LogP contribution is -2.44. The largest absolute Gasteiger partial charge is 0.358 e. The van der Waals surface area contributed by atoms with Crippen LogP contribution in [0, 0.1) is 11.8 Å². The highest BCUT2D eigenvalue weighted by molar-refractivity contribution is 7.80. The summed E-state index contributed by atoms with van der Waals surface area (Å²) >= 11 is 5.30. The van der Waals surface area contributed by atoms with Crippen LogP contribution in [0.5, 0.6) is 0 Å². The molecule has 0 heterocycles. The fraction of sp³-hybridized carbons (Fsp3) is 0.733. The zero-order valence-electron chi connectivity index (χ0n) is 11.8. The second kappa shape index (κ2) is 7.63. The third-order valence-corrected chi connectivity index (χ3v) is 4.40. The van der Waals surface area contributed by atoms with Gasteiger partial charge in [0.1, 0.15) is 0 Å². The van der Waals surface area contributed by atoms with Crippen molar-refractivity contribution in [3.63, 3.8) is 0 Å². The van der Waals surface area contributed by atoms with E-state index in [2.05, 4.69) is 34.9 Å². The molecule has 1 fully saturated rings. The van der Waals surface area contributed by atoms with Crippen LogP contribution in [-0.2, 0) is 0 Å². The van der Waals surface area contributed by atoms with E-state index in [4.69, 9.17) is 12.2 Å². The molecule has 0 unspecified atom stereocenters. The first kappa shape index (κ1) is 14.5. The molecule has 2 aliphatic carbocycles. The van der Waals surface area contributed by atoms with E-state index in [1.165, 1.54) is 38.5 Å². The number of hydrogen-bond acceptors (Lipinski definition) is 2. The second-order valence-corrected chi connectivity index (χ2v) is 6.18. The van der Waals surface area contributed by atoms with E-state index in [1.807, 2.05) is 6.21 Å². The molecular formula is C15H25N3S. The van der Waals surface area contributed by atoms with Crippen molar-refractivity contribution in [3.8, 4) is 0 Å². The summed E-state index contributed by atoms with van der Waals surface area (Å²) < 4.78 is 0. The molecule has 2 rings (SSSR count). The van der Waals surface area contributed by atoms with Crippen LogP contribution in [-0.4, -0.2) is 17.4 Å². The van der Waals surface area contributed by atoms with Gasteiger partial charge in [-0.3, -0.25) is 5.43 Å². The summed E-state index contributed by atoms with van der Waals surface area (Å²) in [6.45, 7) is 2.30. The number of rotatable bonds is 3. The zero-order chi connectivity index (χ0) is 13.5. The maximum absolute atomic E-state index is 5.30. The summed E-state index contributed by atoms with van der Waals surface area (Å²) in [5.74, 6) is 1.27. The van der Waals surface area contributed by atoms with Crippen LogP contribution in [0.25, 0.3) is 0 Å². The second-order valence-electron chi connectivity index (χ2n) is 5.78. The van der Waals surface area contributed by atoms with Crippen molar-refractivity contribution in [2.24, 2.45) is 16.9 Å². The maximum Gasteiger partial charge on any atom is 0.187 e. The number of hydrogen-bond donors (Lipinski definition) is 2. The average molecular weight is 279 g/mol. The van der Waals surface area contributed by atoms with Gasteiger partial charge >= 0.3 is 0 Å². The smallest absolute Gasteiger partial charge is 0.187 e. The molecule has 3 nitrogen and oxygen atoms in total. The van der Waals surface area contributed by atoms with Gasteiger partial charge in [-0.25, -0.2) is 0 Å². The van der Waals surface area contributed by atoms with Gasteiger partial charge in [0, 0.05) is 12.3 Å². The molecule has 2 aliphatic rings. The van der Waals surface area contributed by atoms with E-state index in [0.717, 1.165) is 6.42 Å². The standard InChI is InChI=1S/C15H25N3S/c1-12-7-5-6-10-14(12)17-15(19)18-16-11-13-8-3-2-4-9-13/h2-3,11-14H,4-10H2,1H3,(H2,17,18,19)/b16-11-/t12-,13+,14+/m1/s1. The molecule has 2 N–H and O–H groups in total. The van der Waals surface area contributed by atoms with Crippen molar-refractivity contribution in [2.45, 2.75) is 57.9 Å². The molecule has 106 valence electrons. The molecule has 0 saturated heterocycles. The molecule has 0 bridgehead atoms. The number of nitrogens with zero attached hydrogens (tertiary/aromatic N) is 1. The number of nitrogens with one attached hydrogen (secondary N) is 2. The van der Waals surface area contributed by atoms with Crippen molar-refractivity contribution in [2.75, 3.05) is 0 Å². The van der Waals surface area contributed by atoms with Crippen LogP contribution >= 0.6 is 12.2 Å². The van der Waals surface area contributed by atoms with Crippen LogP contribution in [0.4, 0.5) is 0 Å². The molecular weight excluding hydrogens is 254 g/mol. The maximum atomic E-state index is 5.30. The fourth-order valence-electron chi connectivity index (χ4n) is 2.89. The average Bonchev–Trinajstić information content (AvgIpc) is 2.43. The molecule has 3 atom stereocenters. The quantitative estimate of drug-likeness (QED) is 0.360. The van der Waals surface area contributed by atoms with Gasteiger partial charge in [-0.05, 0) is 56.2 Å². The van der Waals surface area contributed by atoms with Gasteiger partial charge in [-0.15, -0.1) is 0 Å². The molecule has 19 heavy (non-hydrogen) atoms. The minimum Gasteiger partial charge on any atom is -0.358 e. The van der Waals surface area contributed by atoms with Crippen molar-refractivity contribution in [3.05, 3.63) is 12.2 Å². The van der Waals surface area contributed by atoms with Crippen molar-refractivity contribution in [1.82, 2.24) is 10.7 Å². The van der Waals surface area contributed by atoms with Crippen LogP contribution < -0.4 is 10.7 Å². The van der Waals surface area contributed by atoms with E-state index in [-0.39, 0.29) is 0 Å². The van der Waals surface area contributed by atoms with Crippen molar-refractivity contribution in [1.29, 1.82) is 0 Å². The van der Waals surface area contributed by atoms with E-state index in [1.54, 1.807) is 0 Å². The summed E-state index contributed by atoms with van der Waals surface area (Å²) in [5, 5.41) is 8.34. The van der Waals surface area contributed by atoms with E-state index >= 15 is 0 Å². The monoisotopic (exact) mass is 279 g/mol. The van der Waals surface area contributed by atoms with Crippen LogP contribution in [0.2, 0.25) is 0 Å². The molecule has 0 aromatic carbocycles. The summed E-state index contributed by atoms with van der Waals surface area (Å²) in [6, 6.07) is 0.515. The van der Waals surface area contributed by atoms with E-state index in [9.17, 15) is 0 Å². The van der Waals surface area contributed by atoms with Crippen LogP contribution in [0.3, 0.4) is 0 Å². The van der Waals surface area contributed by atoms with Crippen LogP contribution in [0.15, 0.2) is 17.3 Å². The Morgan fingerprint density at radius 1 is 1.26 bits per heavy atom. The summed E-state index contributed by atoms with van der Waals surface area (Å²) in [7, 11) is 0. The van der Waals surface area contributed by atoms with Gasteiger partial charge < -0.3 is 5.32 Å². The Bertz CT molecular complexity index is 351. The Hall–Kier alpha value is -0.900. The Kier molecular flexibility index (Phi) is 5.83. The summed E-state index contributed by atoms with van der Waals surface area (Å²) in [5.41, 5.74) is 2.96. The van der Waals surface area contributed by atoms with Gasteiger partial charge in [-0.2, -0.15) is 5.10 Å². The van der Waals surface area contributed by atoms with Gasteiger partial charge in [0.2, 0.25) is 0 Å². The van der Waals surface area contributed by atoms with Gasteiger partial charge in [0.05, 0.1) is 0 Å². The molecule has 0 spiro atoms. The predicted octanol–water partition coefficient (Wildman–Crippen LogP) is 3.37. The summed E-state index contributed by atoms with van der Waals surface area (Å²) in [6.07, 6.45) is 15.1. The van der Waals surface area contributed by atoms with Crippen molar-refractivity contribution >= 4 is 23.5 Å². The topological polar surface area (TPSA) is 36.4 Å². The Balaban J connectivity index is 1.68. The normalized spacial score (nSPS) is 31.3. The van der Waals surface area contributed by atoms with Gasteiger partial charge in [0.25, 0.3) is 0 Å². The molecule has 1 saturated carbocycles. The molecule has 4 heteroatoms. The highest BCUT2D eigenvalue weighted by Crippen LogP contribution is 2.23. The first-order valence-corrected chi connectivity index (χ1v) is 7.91. The first-order valence-electron chi connectivity index (χ1n) is 7.50. The van der Waals surface area contributed by atoms with Gasteiger partial charge in [-0.1, -0.05) is 31.9 Å². The molecule has 0 aromatic heterocycles. The van der Waals surface area contributed by atoms with Crippen molar-refractivity contribution < 1.29 is 0 Å². The molecule has 0 aromatic rings. The third kappa shape index (κ3) is 4.94. The van der Waals surface area contributed by atoms with Crippen LogP contribution in [0.1, 0.15) is 51.9 Å². The highest BCUT2D eigenvalue weighted by Gasteiger charge is 2.21. The Morgan fingerprint density at radius 2 is 2.11 bits per heavy atom. The predicted molar refractivity (Wildman–Crippen MR) is 85.3 cm³/mol. The number of thiocarbonyl (C=S) groups is 1. The molecule has 0 radical (unpaired) electrons. The minimum absolute atomic E-state index is 0.515.